The fraction of sp³-hybridized carbons (Fsp3) is 0.636. The Labute approximate surface area is 176 Å². The number of hydrogen-bond donors (Lipinski definition) is 1. The molecule has 0 unspecified atom stereocenters. The van der Waals surface area contributed by atoms with Gasteiger partial charge in [0.2, 0.25) is 11.8 Å². The lowest BCUT2D eigenvalue weighted by Gasteiger charge is -2.35. The van der Waals surface area contributed by atoms with Gasteiger partial charge in [-0.3, -0.25) is 14.5 Å². The lowest BCUT2D eigenvalue weighted by atomic mass is 9.97. The van der Waals surface area contributed by atoms with Gasteiger partial charge in [-0.05, 0) is 63.8 Å². The number of carbonyl (C=O) groups excluding carboxylic acids is 2. The van der Waals surface area contributed by atoms with E-state index in [1.165, 1.54) is 4.90 Å². The van der Waals surface area contributed by atoms with E-state index in [0.717, 1.165) is 11.1 Å². The number of rotatable bonds is 7. The molecule has 0 saturated carbocycles. The molecule has 1 aliphatic heterocycles. The third-order valence-corrected chi connectivity index (χ3v) is 5.96. The number of halogens is 3. The molecule has 5 nitrogen and oxygen atoms in total. The molecule has 8 heteroatoms. The Morgan fingerprint density at radius 2 is 2.00 bits per heavy atom. The number of aryl methyl sites for hydroxylation is 1. The molecule has 1 aliphatic rings. The maximum atomic E-state index is 13.1. The molecule has 0 bridgehead atoms. The average molecular weight is 428 g/mol. The molecule has 1 aromatic carbocycles. The van der Waals surface area contributed by atoms with Crippen molar-refractivity contribution >= 4 is 17.5 Å². The third-order valence-electron chi connectivity index (χ3n) is 5.96. The van der Waals surface area contributed by atoms with Crippen molar-refractivity contribution < 1.29 is 22.8 Å². The summed E-state index contributed by atoms with van der Waals surface area (Å²) >= 11 is 0. The summed E-state index contributed by atoms with van der Waals surface area (Å²) in [4.78, 5) is 28.5. The summed E-state index contributed by atoms with van der Waals surface area (Å²) in [6.45, 7) is 7.68. The van der Waals surface area contributed by atoms with E-state index in [9.17, 15) is 22.8 Å². The molecular weight excluding hydrogens is 395 g/mol. The highest BCUT2D eigenvalue weighted by Gasteiger charge is 2.42. The Balaban J connectivity index is 2.03. The Kier molecular flexibility index (Phi) is 8.29. The lowest BCUT2D eigenvalue weighted by molar-refractivity contribution is -0.187. The summed E-state index contributed by atoms with van der Waals surface area (Å²) in [7, 11) is 0. The van der Waals surface area contributed by atoms with E-state index in [-0.39, 0.29) is 43.9 Å². The van der Waals surface area contributed by atoms with Crippen LogP contribution in [0.2, 0.25) is 0 Å². The van der Waals surface area contributed by atoms with Crippen LogP contribution in [0, 0.1) is 19.8 Å². The highest BCUT2D eigenvalue weighted by Crippen LogP contribution is 2.33. The number of piperidine rings is 1. The molecule has 168 valence electrons. The van der Waals surface area contributed by atoms with E-state index < -0.39 is 12.1 Å². The van der Waals surface area contributed by atoms with E-state index >= 15 is 0 Å². The Morgan fingerprint density at radius 3 is 2.63 bits per heavy atom. The molecule has 30 heavy (non-hydrogen) atoms. The van der Waals surface area contributed by atoms with E-state index in [2.05, 4.69) is 5.32 Å². The first kappa shape index (κ1) is 24.2. The van der Waals surface area contributed by atoms with Crippen LogP contribution in [0.15, 0.2) is 18.2 Å². The topological polar surface area (TPSA) is 52.7 Å². The Bertz CT molecular complexity index is 752. The molecule has 1 saturated heterocycles. The number of nitrogens with one attached hydrogen (secondary N) is 1. The molecule has 0 aliphatic carbocycles. The van der Waals surface area contributed by atoms with Crippen molar-refractivity contribution in [1.29, 1.82) is 0 Å². The second kappa shape index (κ2) is 10.3. The van der Waals surface area contributed by atoms with Crippen molar-refractivity contribution in [3.05, 3.63) is 29.3 Å². The molecule has 1 fully saturated rings. The summed E-state index contributed by atoms with van der Waals surface area (Å²) in [6, 6.07) is 5.42. The van der Waals surface area contributed by atoms with Gasteiger partial charge in [0.15, 0.2) is 0 Å². The number of nitrogens with zero attached hydrogens (tertiary/aromatic N) is 2. The quantitative estimate of drug-likeness (QED) is 0.712. The van der Waals surface area contributed by atoms with Crippen LogP contribution in [0.3, 0.4) is 0 Å². The van der Waals surface area contributed by atoms with Crippen molar-refractivity contribution in [3.63, 3.8) is 0 Å². The van der Waals surface area contributed by atoms with Crippen LogP contribution in [0.1, 0.15) is 44.2 Å². The number of carbonyl (C=O) groups is 2. The number of amides is 2. The molecule has 1 N–H and O–H groups in total. The average Bonchev–Trinajstić information content (AvgIpc) is 2.68. The maximum Gasteiger partial charge on any atom is 0.393 e. The minimum atomic E-state index is -4.25. The van der Waals surface area contributed by atoms with Gasteiger partial charge in [-0.2, -0.15) is 13.2 Å². The smallest absolute Gasteiger partial charge is 0.330 e. The first-order chi connectivity index (χ1) is 14.0. The van der Waals surface area contributed by atoms with Crippen LogP contribution in [0.25, 0.3) is 0 Å². The van der Waals surface area contributed by atoms with Gasteiger partial charge in [0, 0.05) is 18.3 Å². The monoisotopic (exact) mass is 427 g/mol. The summed E-state index contributed by atoms with van der Waals surface area (Å²) in [5, 5.41) is 2.85. The number of hydrogen-bond acceptors (Lipinski definition) is 3. The standard InChI is InChI=1S/C22H32F3N3O2/c1-5-16(3)28(13-20(29)26-19-10-6-8-15(2)17(19)4)21(30)14-27-11-7-9-18(12-27)22(23,24)25/h6,8,10,16,18H,5,7,9,11-14H2,1-4H3,(H,26,29)/t16-,18-/m0/s1. The van der Waals surface area contributed by atoms with E-state index in [0.29, 0.717) is 25.1 Å². The fourth-order valence-corrected chi connectivity index (χ4v) is 3.69. The van der Waals surface area contributed by atoms with Crippen LogP contribution in [-0.4, -0.2) is 60.0 Å². The zero-order valence-electron chi connectivity index (χ0n) is 18.2. The molecular formula is C22H32F3N3O2. The number of likely N-dealkylation sites (tertiary alicyclic amines) is 1. The minimum absolute atomic E-state index is 0.0987. The molecule has 1 aromatic rings. The highest BCUT2D eigenvalue weighted by molar-refractivity contribution is 5.95. The van der Waals surface area contributed by atoms with Crippen LogP contribution in [0.4, 0.5) is 18.9 Å². The first-order valence-electron chi connectivity index (χ1n) is 10.5. The van der Waals surface area contributed by atoms with Gasteiger partial charge >= 0.3 is 6.18 Å². The second-order valence-corrected chi connectivity index (χ2v) is 8.19. The Hall–Kier alpha value is -2.09. The summed E-state index contributed by atoms with van der Waals surface area (Å²) < 4.78 is 39.2. The highest BCUT2D eigenvalue weighted by atomic mass is 19.4. The molecule has 1 heterocycles. The molecule has 2 rings (SSSR count). The predicted octanol–water partition coefficient (Wildman–Crippen LogP) is 4.14. The molecule has 2 amide bonds. The van der Waals surface area contributed by atoms with Crippen molar-refractivity contribution in [2.75, 3.05) is 31.5 Å². The molecule has 0 spiro atoms. The number of anilines is 1. The molecule has 0 aromatic heterocycles. The fourth-order valence-electron chi connectivity index (χ4n) is 3.69. The van der Waals surface area contributed by atoms with E-state index in [4.69, 9.17) is 0 Å². The maximum absolute atomic E-state index is 13.1. The normalized spacial score (nSPS) is 18.7. The minimum Gasteiger partial charge on any atom is -0.330 e. The van der Waals surface area contributed by atoms with Crippen LogP contribution in [-0.2, 0) is 9.59 Å². The largest absolute Gasteiger partial charge is 0.393 e. The number of benzene rings is 1. The van der Waals surface area contributed by atoms with Gasteiger partial charge in [-0.15, -0.1) is 0 Å². The zero-order valence-corrected chi connectivity index (χ0v) is 18.2. The van der Waals surface area contributed by atoms with E-state index in [1.54, 1.807) is 11.0 Å². The van der Waals surface area contributed by atoms with Crippen LogP contribution < -0.4 is 5.32 Å². The predicted molar refractivity (Wildman–Crippen MR) is 111 cm³/mol. The number of alkyl halides is 3. The Morgan fingerprint density at radius 1 is 1.30 bits per heavy atom. The summed E-state index contributed by atoms with van der Waals surface area (Å²) in [5.41, 5.74) is 2.70. The third kappa shape index (κ3) is 6.45. The second-order valence-electron chi connectivity index (χ2n) is 8.19. The van der Waals surface area contributed by atoms with Crippen LogP contribution >= 0.6 is 0 Å². The van der Waals surface area contributed by atoms with Crippen molar-refractivity contribution in [2.24, 2.45) is 5.92 Å². The van der Waals surface area contributed by atoms with Gasteiger partial charge in [0.05, 0.1) is 12.5 Å². The van der Waals surface area contributed by atoms with Crippen molar-refractivity contribution in [2.45, 2.75) is 59.2 Å². The first-order valence-corrected chi connectivity index (χ1v) is 10.5. The van der Waals surface area contributed by atoms with E-state index in [1.807, 2.05) is 39.8 Å². The molecule has 0 radical (unpaired) electrons. The van der Waals surface area contributed by atoms with Gasteiger partial charge in [-0.25, -0.2) is 0 Å². The SMILES string of the molecule is CC[C@H](C)N(CC(=O)Nc1cccc(C)c1C)C(=O)CN1CCC[C@H](C(F)(F)F)C1. The van der Waals surface area contributed by atoms with Gasteiger partial charge in [0.1, 0.15) is 6.54 Å². The van der Waals surface area contributed by atoms with Gasteiger partial charge in [-0.1, -0.05) is 19.1 Å². The van der Waals surface area contributed by atoms with Crippen molar-refractivity contribution in [3.8, 4) is 0 Å². The summed E-state index contributed by atoms with van der Waals surface area (Å²) in [5.74, 6) is -2.03. The summed E-state index contributed by atoms with van der Waals surface area (Å²) in [6.07, 6.45) is -3.09. The van der Waals surface area contributed by atoms with Gasteiger partial charge < -0.3 is 10.2 Å². The zero-order chi connectivity index (χ0) is 22.5. The van der Waals surface area contributed by atoms with Crippen LogP contribution in [0.5, 0.6) is 0 Å². The lowest BCUT2D eigenvalue weighted by Crippen LogP contribution is -2.50. The van der Waals surface area contributed by atoms with Crippen molar-refractivity contribution in [1.82, 2.24) is 9.80 Å². The molecule has 2 atom stereocenters. The van der Waals surface area contributed by atoms with Gasteiger partial charge in [0.25, 0.3) is 0 Å².